The molecule has 106 valence electrons. The molecule has 3 rings (SSSR count). The number of para-hydroxylation sites is 2. The molecule has 5 heteroatoms. The van der Waals surface area contributed by atoms with Crippen LogP contribution in [0, 0.1) is 0 Å². The van der Waals surface area contributed by atoms with Gasteiger partial charge in [-0.3, -0.25) is 5.43 Å². The van der Waals surface area contributed by atoms with E-state index in [0.29, 0.717) is 5.11 Å². The number of benzene rings is 2. The Balaban J connectivity index is 1.55. The highest BCUT2D eigenvalue weighted by atomic mass is 32.1. The summed E-state index contributed by atoms with van der Waals surface area (Å²) in [6.07, 6.45) is 2.67. The minimum absolute atomic E-state index is 0.592. The average Bonchev–Trinajstić information content (AvgIpc) is 2.92. The number of hydrogen-bond acceptors (Lipinski definition) is 2. The first-order valence-corrected chi connectivity index (χ1v) is 7.24. The van der Waals surface area contributed by atoms with Gasteiger partial charge in [0.15, 0.2) is 5.11 Å². The standard InChI is InChI=1S/C16H16N4S/c21-16(17-11-10-13-6-2-1-3-7-13)19-20-12-18-14-8-4-5-9-15(14)20/h1-9,12H,10-11H2,(H2,17,19,21). The van der Waals surface area contributed by atoms with Crippen LogP contribution in [0.15, 0.2) is 60.9 Å². The van der Waals surface area contributed by atoms with Gasteiger partial charge in [-0.1, -0.05) is 42.5 Å². The molecule has 1 heterocycles. The number of fused-ring (bicyclic) bond motifs is 1. The van der Waals surface area contributed by atoms with Crippen molar-refractivity contribution >= 4 is 28.4 Å². The summed E-state index contributed by atoms with van der Waals surface area (Å²) in [4.78, 5) is 4.31. The molecule has 0 aliphatic carbocycles. The first-order valence-electron chi connectivity index (χ1n) is 6.84. The Hall–Kier alpha value is -2.40. The fourth-order valence-electron chi connectivity index (χ4n) is 2.16. The van der Waals surface area contributed by atoms with Crippen molar-refractivity contribution in [1.82, 2.24) is 15.0 Å². The number of nitrogens with zero attached hydrogens (tertiary/aromatic N) is 2. The molecule has 21 heavy (non-hydrogen) atoms. The number of rotatable bonds is 4. The summed E-state index contributed by atoms with van der Waals surface area (Å²) in [5.41, 5.74) is 6.36. The molecule has 0 radical (unpaired) electrons. The van der Waals surface area contributed by atoms with E-state index in [1.165, 1.54) is 5.56 Å². The molecule has 0 atom stereocenters. The maximum absolute atomic E-state index is 5.31. The lowest BCUT2D eigenvalue weighted by Gasteiger charge is -2.11. The minimum Gasteiger partial charge on any atom is -0.361 e. The van der Waals surface area contributed by atoms with Crippen LogP contribution in [-0.4, -0.2) is 21.3 Å². The first kappa shape index (κ1) is 13.6. The van der Waals surface area contributed by atoms with Crippen molar-refractivity contribution in [2.75, 3.05) is 12.0 Å². The van der Waals surface area contributed by atoms with E-state index in [0.717, 1.165) is 24.0 Å². The molecule has 2 aromatic carbocycles. The van der Waals surface area contributed by atoms with Crippen LogP contribution in [0.1, 0.15) is 5.56 Å². The fraction of sp³-hybridized carbons (Fsp3) is 0.125. The summed E-state index contributed by atoms with van der Waals surface area (Å²) in [6.45, 7) is 0.794. The van der Waals surface area contributed by atoms with Crippen molar-refractivity contribution in [2.45, 2.75) is 6.42 Å². The third-order valence-electron chi connectivity index (χ3n) is 3.22. The summed E-state index contributed by atoms with van der Waals surface area (Å²) in [7, 11) is 0. The van der Waals surface area contributed by atoms with Gasteiger partial charge in [-0.2, -0.15) is 0 Å². The molecule has 2 N–H and O–H groups in total. The van der Waals surface area contributed by atoms with Crippen LogP contribution in [0.3, 0.4) is 0 Å². The second-order valence-corrected chi connectivity index (χ2v) is 5.11. The highest BCUT2D eigenvalue weighted by molar-refractivity contribution is 7.80. The fourth-order valence-corrected chi connectivity index (χ4v) is 2.36. The van der Waals surface area contributed by atoms with E-state index < -0.39 is 0 Å². The molecule has 4 nitrogen and oxygen atoms in total. The van der Waals surface area contributed by atoms with Gasteiger partial charge in [0.25, 0.3) is 0 Å². The van der Waals surface area contributed by atoms with Crippen molar-refractivity contribution in [3.05, 3.63) is 66.5 Å². The van der Waals surface area contributed by atoms with E-state index in [1.807, 2.05) is 47.1 Å². The molecule has 0 bridgehead atoms. The van der Waals surface area contributed by atoms with Crippen LogP contribution < -0.4 is 10.7 Å². The molecule has 0 aliphatic rings. The number of aromatic nitrogens is 2. The summed E-state index contributed by atoms with van der Waals surface area (Å²) >= 11 is 5.31. The Morgan fingerprint density at radius 2 is 1.81 bits per heavy atom. The maximum atomic E-state index is 5.31. The average molecular weight is 296 g/mol. The van der Waals surface area contributed by atoms with Gasteiger partial charge in [-0.15, -0.1) is 0 Å². The van der Waals surface area contributed by atoms with Gasteiger partial charge in [0.2, 0.25) is 0 Å². The quantitative estimate of drug-likeness (QED) is 0.726. The van der Waals surface area contributed by atoms with E-state index in [2.05, 4.69) is 27.9 Å². The lowest BCUT2D eigenvalue weighted by atomic mass is 10.1. The molecule has 0 aliphatic heterocycles. The molecular weight excluding hydrogens is 280 g/mol. The van der Waals surface area contributed by atoms with Gasteiger partial charge in [0.05, 0.1) is 11.0 Å². The van der Waals surface area contributed by atoms with Crippen LogP contribution in [0.25, 0.3) is 11.0 Å². The zero-order valence-corrected chi connectivity index (χ0v) is 12.3. The summed E-state index contributed by atoms with van der Waals surface area (Å²) in [6, 6.07) is 18.3. The Morgan fingerprint density at radius 3 is 2.67 bits per heavy atom. The Labute approximate surface area is 128 Å². The van der Waals surface area contributed by atoms with Crippen molar-refractivity contribution < 1.29 is 0 Å². The van der Waals surface area contributed by atoms with Crippen LogP contribution in [-0.2, 0) is 6.42 Å². The lowest BCUT2D eigenvalue weighted by Crippen LogP contribution is -2.34. The number of thiocarbonyl (C=S) groups is 1. The van der Waals surface area contributed by atoms with Gasteiger partial charge in [-0.25, -0.2) is 9.66 Å². The largest absolute Gasteiger partial charge is 0.361 e. The number of imidazole rings is 1. The van der Waals surface area contributed by atoms with Crippen molar-refractivity contribution in [3.63, 3.8) is 0 Å². The van der Waals surface area contributed by atoms with Crippen LogP contribution in [0.4, 0.5) is 0 Å². The smallest absolute Gasteiger partial charge is 0.185 e. The van der Waals surface area contributed by atoms with Crippen molar-refractivity contribution in [1.29, 1.82) is 0 Å². The Kier molecular flexibility index (Phi) is 4.12. The molecule has 0 saturated carbocycles. The SMILES string of the molecule is S=C(NCCc1ccccc1)Nn1cnc2ccccc21. The van der Waals surface area contributed by atoms with Gasteiger partial charge in [0, 0.05) is 6.54 Å². The highest BCUT2D eigenvalue weighted by Gasteiger charge is 2.02. The summed E-state index contributed by atoms with van der Waals surface area (Å²) in [5, 5.41) is 3.80. The predicted octanol–water partition coefficient (Wildman–Crippen LogP) is 2.70. The van der Waals surface area contributed by atoms with Gasteiger partial charge >= 0.3 is 0 Å². The van der Waals surface area contributed by atoms with Gasteiger partial charge < -0.3 is 5.32 Å². The minimum atomic E-state index is 0.592. The monoisotopic (exact) mass is 296 g/mol. The summed E-state index contributed by atoms with van der Waals surface area (Å²) in [5.74, 6) is 0. The third-order valence-corrected chi connectivity index (χ3v) is 3.45. The van der Waals surface area contributed by atoms with Crippen LogP contribution in [0.5, 0.6) is 0 Å². The molecule has 0 spiro atoms. The number of nitrogens with one attached hydrogen (secondary N) is 2. The summed E-state index contributed by atoms with van der Waals surface area (Å²) < 4.78 is 1.83. The molecule has 0 unspecified atom stereocenters. The molecule has 0 fully saturated rings. The van der Waals surface area contributed by atoms with Gasteiger partial charge in [0.1, 0.15) is 6.33 Å². The maximum Gasteiger partial charge on any atom is 0.185 e. The Morgan fingerprint density at radius 1 is 1.05 bits per heavy atom. The van der Waals surface area contributed by atoms with E-state index in [9.17, 15) is 0 Å². The zero-order valence-electron chi connectivity index (χ0n) is 11.5. The normalized spacial score (nSPS) is 10.5. The topological polar surface area (TPSA) is 41.9 Å². The zero-order chi connectivity index (χ0) is 14.5. The second kappa shape index (κ2) is 6.37. The molecule has 3 aromatic rings. The Bertz CT molecular complexity index is 736. The third kappa shape index (κ3) is 3.38. The van der Waals surface area contributed by atoms with Crippen molar-refractivity contribution in [2.24, 2.45) is 0 Å². The van der Waals surface area contributed by atoms with E-state index in [1.54, 1.807) is 6.33 Å². The van der Waals surface area contributed by atoms with Gasteiger partial charge in [-0.05, 0) is 36.3 Å². The predicted molar refractivity (Wildman–Crippen MR) is 89.8 cm³/mol. The second-order valence-electron chi connectivity index (χ2n) is 4.71. The molecule has 0 saturated heterocycles. The molecule has 0 amide bonds. The first-order chi connectivity index (χ1) is 10.3. The van der Waals surface area contributed by atoms with Crippen LogP contribution >= 0.6 is 12.2 Å². The highest BCUT2D eigenvalue weighted by Crippen LogP contribution is 2.09. The van der Waals surface area contributed by atoms with E-state index >= 15 is 0 Å². The van der Waals surface area contributed by atoms with Crippen LogP contribution in [0.2, 0.25) is 0 Å². The van der Waals surface area contributed by atoms with E-state index in [-0.39, 0.29) is 0 Å². The lowest BCUT2D eigenvalue weighted by molar-refractivity contribution is 0.857. The van der Waals surface area contributed by atoms with E-state index in [4.69, 9.17) is 12.2 Å². The molecule has 1 aromatic heterocycles. The number of hydrogen-bond donors (Lipinski definition) is 2. The molecular formula is C16H16N4S. The van der Waals surface area contributed by atoms with Crippen molar-refractivity contribution in [3.8, 4) is 0 Å².